The first-order valence-electron chi connectivity index (χ1n) is 9.44. The first-order chi connectivity index (χ1) is 12.9. The minimum absolute atomic E-state index is 0.0301. The predicted molar refractivity (Wildman–Crippen MR) is 99.6 cm³/mol. The Morgan fingerprint density at radius 2 is 2.04 bits per heavy atom. The molecule has 2 amide bonds. The maximum absolute atomic E-state index is 12.9. The average molecular weight is 374 g/mol. The highest BCUT2D eigenvalue weighted by molar-refractivity contribution is 6.01. The second-order valence-electron chi connectivity index (χ2n) is 7.26. The van der Waals surface area contributed by atoms with Crippen molar-refractivity contribution in [3.05, 3.63) is 29.8 Å². The molecule has 2 aliphatic heterocycles. The van der Waals surface area contributed by atoms with E-state index in [0.29, 0.717) is 19.0 Å². The summed E-state index contributed by atoms with van der Waals surface area (Å²) < 4.78 is 5.18. The van der Waals surface area contributed by atoms with Crippen molar-refractivity contribution >= 4 is 23.5 Å². The van der Waals surface area contributed by atoms with Gasteiger partial charge in [-0.2, -0.15) is 0 Å². The summed E-state index contributed by atoms with van der Waals surface area (Å²) in [5.41, 5.74) is 1.98. The highest BCUT2D eigenvalue weighted by Gasteiger charge is 2.40. The van der Waals surface area contributed by atoms with E-state index in [4.69, 9.17) is 9.84 Å². The van der Waals surface area contributed by atoms with E-state index in [1.165, 1.54) is 4.90 Å². The van der Waals surface area contributed by atoms with E-state index >= 15 is 0 Å². The van der Waals surface area contributed by atoms with Crippen LogP contribution in [0.5, 0.6) is 0 Å². The lowest BCUT2D eigenvalue weighted by atomic mass is 9.96. The fraction of sp³-hybridized carbons (Fsp3) is 0.550. The van der Waals surface area contributed by atoms with Gasteiger partial charge in [0.2, 0.25) is 11.8 Å². The van der Waals surface area contributed by atoms with Crippen molar-refractivity contribution in [1.29, 1.82) is 0 Å². The van der Waals surface area contributed by atoms with Crippen molar-refractivity contribution in [3.63, 3.8) is 0 Å². The topological polar surface area (TPSA) is 87.2 Å². The van der Waals surface area contributed by atoms with Crippen LogP contribution in [0.2, 0.25) is 0 Å². The fourth-order valence-electron chi connectivity index (χ4n) is 3.73. The molecule has 0 spiro atoms. The molecule has 2 saturated heterocycles. The summed E-state index contributed by atoms with van der Waals surface area (Å²) in [4.78, 5) is 39.9. The molecule has 0 aromatic heterocycles. The number of anilines is 1. The van der Waals surface area contributed by atoms with Crippen LogP contribution >= 0.6 is 0 Å². The first kappa shape index (κ1) is 19.4. The zero-order valence-electron chi connectivity index (χ0n) is 15.8. The van der Waals surface area contributed by atoms with Crippen LogP contribution in [0.4, 0.5) is 5.69 Å². The smallest absolute Gasteiger partial charge is 0.334 e. The molecule has 7 heteroatoms. The Kier molecular flexibility index (Phi) is 5.79. The van der Waals surface area contributed by atoms with Crippen LogP contribution in [-0.4, -0.2) is 60.1 Å². The molecule has 3 unspecified atom stereocenters. The van der Waals surface area contributed by atoms with Crippen molar-refractivity contribution in [3.8, 4) is 0 Å². The van der Waals surface area contributed by atoms with Gasteiger partial charge in [-0.25, -0.2) is 4.79 Å². The van der Waals surface area contributed by atoms with Gasteiger partial charge in [-0.1, -0.05) is 32.0 Å². The highest BCUT2D eigenvalue weighted by Crippen LogP contribution is 2.34. The summed E-state index contributed by atoms with van der Waals surface area (Å²) in [5.74, 6) is -1.43. The summed E-state index contributed by atoms with van der Waals surface area (Å²) in [5, 5.41) is 9.12. The van der Waals surface area contributed by atoms with E-state index in [-0.39, 0.29) is 31.4 Å². The molecule has 1 aromatic carbocycles. The lowest BCUT2D eigenvalue weighted by Crippen LogP contribution is -2.50. The van der Waals surface area contributed by atoms with Gasteiger partial charge in [0, 0.05) is 25.2 Å². The Morgan fingerprint density at radius 3 is 2.74 bits per heavy atom. The maximum atomic E-state index is 12.9. The normalized spacial score (nSPS) is 24.1. The Labute approximate surface area is 158 Å². The van der Waals surface area contributed by atoms with Gasteiger partial charge in [0.1, 0.15) is 0 Å². The molecule has 1 aromatic rings. The number of hydrogen-bond donors (Lipinski definition) is 1. The van der Waals surface area contributed by atoms with Crippen molar-refractivity contribution in [2.75, 3.05) is 31.1 Å². The van der Waals surface area contributed by atoms with Crippen molar-refractivity contribution < 1.29 is 24.2 Å². The molecule has 2 heterocycles. The molecule has 146 valence electrons. The Bertz CT molecular complexity index is 735. The summed E-state index contributed by atoms with van der Waals surface area (Å²) in [6, 6.07) is 7.84. The third-order valence-corrected chi connectivity index (χ3v) is 5.50. The highest BCUT2D eigenvalue weighted by atomic mass is 16.5. The number of amides is 2. The van der Waals surface area contributed by atoms with Crippen LogP contribution < -0.4 is 4.90 Å². The van der Waals surface area contributed by atoms with Gasteiger partial charge in [-0.3, -0.25) is 9.59 Å². The van der Waals surface area contributed by atoms with E-state index in [0.717, 1.165) is 17.7 Å². The molecular formula is C20H26N2O5. The minimum atomic E-state index is -1.07. The number of hydrogen-bond acceptors (Lipinski definition) is 4. The summed E-state index contributed by atoms with van der Waals surface area (Å²) in [6.45, 7) is 5.15. The van der Waals surface area contributed by atoms with Gasteiger partial charge < -0.3 is 19.6 Å². The van der Waals surface area contributed by atoms with Gasteiger partial charge >= 0.3 is 5.97 Å². The number of nitrogens with zero attached hydrogens (tertiary/aromatic N) is 2. The molecule has 1 N–H and O–H groups in total. The third kappa shape index (κ3) is 3.98. The number of carbonyl (C=O) groups is 3. The van der Waals surface area contributed by atoms with Gasteiger partial charge in [-0.15, -0.1) is 0 Å². The third-order valence-electron chi connectivity index (χ3n) is 5.50. The lowest BCUT2D eigenvalue weighted by molar-refractivity contribution is -0.160. The SMILES string of the molecule is CCC(C)c1ccccc1N1CC(C(=O)N2CCOC(C(=O)O)C2)CC1=O. The Morgan fingerprint density at radius 1 is 1.30 bits per heavy atom. The second-order valence-corrected chi connectivity index (χ2v) is 7.26. The van der Waals surface area contributed by atoms with Gasteiger partial charge in [0.15, 0.2) is 6.10 Å². The summed E-state index contributed by atoms with van der Waals surface area (Å²) >= 11 is 0. The standard InChI is InChI=1S/C20H26N2O5/c1-3-13(2)15-6-4-5-7-16(15)22-11-14(10-18(22)23)19(24)21-8-9-27-17(12-21)20(25)26/h4-7,13-14,17H,3,8-12H2,1-2H3,(H,25,26). The van der Waals surface area contributed by atoms with Gasteiger partial charge in [0.25, 0.3) is 0 Å². The number of morpholine rings is 1. The molecule has 0 aliphatic carbocycles. The average Bonchev–Trinajstić information content (AvgIpc) is 3.08. The number of carboxylic acids is 1. The quantitative estimate of drug-likeness (QED) is 0.850. The summed E-state index contributed by atoms with van der Waals surface area (Å²) in [7, 11) is 0. The van der Waals surface area contributed by atoms with Crippen molar-refractivity contribution in [2.24, 2.45) is 5.92 Å². The van der Waals surface area contributed by atoms with Gasteiger partial charge in [0.05, 0.1) is 19.1 Å². The number of aliphatic carboxylic acids is 1. The molecular weight excluding hydrogens is 348 g/mol. The number of carboxylic acid groups (broad SMARTS) is 1. The van der Waals surface area contributed by atoms with E-state index in [1.807, 2.05) is 24.3 Å². The monoisotopic (exact) mass is 374 g/mol. The van der Waals surface area contributed by atoms with Crippen LogP contribution in [-0.2, 0) is 19.1 Å². The number of carbonyl (C=O) groups excluding carboxylic acids is 2. The molecule has 3 rings (SSSR count). The minimum Gasteiger partial charge on any atom is -0.479 e. The Hall–Kier alpha value is -2.41. The molecule has 0 bridgehead atoms. The van der Waals surface area contributed by atoms with Crippen LogP contribution in [0.1, 0.15) is 38.2 Å². The fourth-order valence-corrected chi connectivity index (χ4v) is 3.73. The van der Waals surface area contributed by atoms with Crippen LogP contribution in [0.3, 0.4) is 0 Å². The van der Waals surface area contributed by atoms with Crippen LogP contribution in [0.25, 0.3) is 0 Å². The molecule has 3 atom stereocenters. The zero-order valence-corrected chi connectivity index (χ0v) is 15.8. The van der Waals surface area contributed by atoms with Crippen LogP contribution in [0, 0.1) is 5.92 Å². The molecule has 27 heavy (non-hydrogen) atoms. The van der Waals surface area contributed by atoms with E-state index in [2.05, 4.69) is 13.8 Å². The Balaban J connectivity index is 1.74. The van der Waals surface area contributed by atoms with Gasteiger partial charge in [-0.05, 0) is 24.0 Å². The number of ether oxygens (including phenoxy) is 1. The summed E-state index contributed by atoms with van der Waals surface area (Å²) in [6.07, 6.45) is 0.121. The molecule has 2 fully saturated rings. The van der Waals surface area contributed by atoms with E-state index in [9.17, 15) is 14.4 Å². The molecule has 2 aliphatic rings. The predicted octanol–water partition coefficient (Wildman–Crippen LogP) is 1.86. The number of benzene rings is 1. The van der Waals surface area contributed by atoms with E-state index in [1.54, 1.807) is 4.90 Å². The molecule has 0 radical (unpaired) electrons. The second kappa shape index (κ2) is 8.08. The largest absolute Gasteiger partial charge is 0.479 e. The van der Waals surface area contributed by atoms with Crippen molar-refractivity contribution in [2.45, 2.75) is 38.7 Å². The molecule has 7 nitrogen and oxygen atoms in total. The lowest BCUT2D eigenvalue weighted by Gasteiger charge is -2.32. The first-order valence-corrected chi connectivity index (χ1v) is 9.44. The number of para-hydroxylation sites is 1. The zero-order chi connectivity index (χ0) is 19.6. The van der Waals surface area contributed by atoms with Crippen LogP contribution in [0.15, 0.2) is 24.3 Å². The van der Waals surface area contributed by atoms with E-state index < -0.39 is 18.0 Å². The maximum Gasteiger partial charge on any atom is 0.334 e. The number of rotatable bonds is 5. The molecule has 0 saturated carbocycles. The van der Waals surface area contributed by atoms with Crippen molar-refractivity contribution in [1.82, 2.24) is 4.90 Å².